The molecule has 0 radical (unpaired) electrons. The lowest BCUT2D eigenvalue weighted by Gasteiger charge is -2.23. The van der Waals surface area contributed by atoms with Crippen LogP contribution in [0.3, 0.4) is 0 Å². The molecule has 0 aliphatic carbocycles. The van der Waals surface area contributed by atoms with E-state index in [-0.39, 0.29) is 11.9 Å². The number of alkyl halides is 1. The van der Waals surface area contributed by atoms with Gasteiger partial charge in [-0.3, -0.25) is 4.79 Å². The van der Waals surface area contributed by atoms with Crippen LogP contribution in [0.4, 0.5) is 0 Å². The Bertz CT molecular complexity index is 395. The molecule has 1 amide bonds. The third kappa shape index (κ3) is 3.03. The summed E-state index contributed by atoms with van der Waals surface area (Å²) < 4.78 is 0. The summed E-state index contributed by atoms with van der Waals surface area (Å²) in [6, 6.07) is 4.79. The third-order valence-electron chi connectivity index (χ3n) is 2.37. The molecule has 88 valence electrons. The first kappa shape index (κ1) is 13.6. The zero-order valence-electron chi connectivity index (χ0n) is 9.01. The summed E-state index contributed by atoms with van der Waals surface area (Å²) in [4.78, 5) is 13.6. The van der Waals surface area contributed by atoms with Gasteiger partial charge in [-0.15, -0.1) is 11.6 Å². The molecule has 5 heteroatoms. The minimum atomic E-state index is -0.119. The van der Waals surface area contributed by atoms with Gasteiger partial charge in [0.2, 0.25) is 0 Å². The second kappa shape index (κ2) is 5.76. The highest BCUT2D eigenvalue weighted by molar-refractivity contribution is 6.42. The normalized spacial score (nSPS) is 12.3. The van der Waals surface area contributed by atoms with Crippen molar-refractivity contribution in [2.45, 2.75) is 13.0 Å². The van der Waals surface area contributed by atoms with E-state index in [9.17, 15) is 4.79 Å². The van der Waals surface area contributed by atoms with Crippen LogP contribution in [-0.4, -0.2) is 29.8 Å². The van der Waals surface area contributed by atoms with Crippen LogP contribution in [0.15, 0.2) is 18.2 Å². The third-order valence-corrected chi connectivity index (χ3v) is 3.56. The van der Waals surface area contributed by atoms with Gasteiger partial charge in [0.25, 0.3) is 5.91 Å². The van der Waals surface area contributed by atoms with E-state index in [2.05, 4.69) is 0 Å². The Balaban J connectivity index is 2.92. The molecule has 0 aromatic heterocycles. The number of benzene rings is 1. The predicted octanol–water partition coefficient (Wildman–Crippen LogP) is 3.69. The van der Waals surface area contributed by atoms with Crippen molar-refractivity contribution >= 4 is 40.7 Å². The van der Waals surface area contributed by atoms with Gasteiger partial charge in [-0.2, -0.15) is 0 Å². The summed E-state index contributed by atoms with van der Waals surface area (Å²) >= 11 is 17.3. The number of carbonyl (C=O) groups is 1. The molecule has 0 N–H and O–H groups in total. The Hall–Kier alpha value is -0.440. The number of halogens is 3. The highest BCUT2D eigenvalue weighted by atomic mass is 35.5. The van der Waals surface area contributed by atoms with E-state index in [0.29, 0.717) is 21.5 Å². The fraction of sp³-hybridized carbons (Fsp3) is 0.364. The number of hydrogen-bond donors (Lipinski definition) is 0. The molecule has 0 saturated heterocycles. The van der Waals surface area contributed by atoms with E-state index in [1.165, 1.54) is 0 Å². The first-order valence-corrected chi connectivity index (χ1v) is 6.04. The van der Waals surface area contributed by atoms with E-state index >= 15 is 0 Å². The molecule has 1 atom stereocenters. The second-order valence-electron chi connectivity index (χ2n) is 3.55. The maximum atomic E-state index is 12.0. The van der Waals surface area contributed by atoms with Gasteiger partial charge in [0.15, 0.2) is 0 Å². The van der Waals surface area contributed by atoms with Crippen molar-refractivity contribution in [1.29, 1.82) is 0 Å². The average Bonchev–Trinajstić information content (AvgIpc) is 2.29. The van der Waals surface area contributed by atoms with E-state index < -0.39 is 0 Å². The Morgan fingerprint density at radius 2 is 2.00 bits per heavy atom. The molecular formula is C11H12Cl3NO. The van der Waals surface area contributed by atoms with Crippen LogP contribution in [-0.2, 0) is 0 Å². The Kier molecular flexibility index (Phi) is 4.90. The van der Waals surface area contributed by atoms with Crippen LogP contribution in [0.5, 0.6) is 0 Å². The van der Waals surface area contributed by atoms with Crippen LogP contribution >= 0.6 is 34.8 Å². The fourth-order valence-electron chi connectivity index (χ4n) is 1.14. The van der Waals surface area contributed by atoms with E-state index in [1.54, 1.807) is 30.1 Å². The fourth-order valence-corrected chi connectivity index (χ4v) is 1.64. The lowest BCUT2D eigenvalue weighted by Crippen LogP contribution is -2.36. The molecule has 16 heavy (non-hydrogen) atoms. The Morgan fingerprint density at radius 3 is 2.50 bits per heavy atom. The monoisotopic (exact) mass is 279 g/mol. The molecule has 0 heterocycles. The molecule has 0 aliphatic heterocycles. The van der Waals surface area contributed by atoms with Gasteiger partial charge in [-0.05, 0) is 25.1 Å². The van der Waals surface area contributed by atoms with Crippen molar-refractivity contribution in [3.8, 4) is 0 Å². The van der Waals surface area contributed by atoms with E-state index in [0.717, 1.165) is 0 Å². The zero-order chi connectivity index (χ0) is 12.3. The Labute approximate surface area is 110 Å². The molecule has 1 rings (SSSR count). The maximum Gasteiger partial charge on any atom is 0.253 e. The molecule has 1 aromatic rings. The van der Waals surface area contributed by atoms with Gasteiger partial charge in [0.1, 0.15) is 0 Å². The number of hydrogen-bond acceptors (Lipinski definition) is 1. The van der Waals surface area contributed by atoms with Crippen LogP contribution in [0, 0.1) is 0 Å². The smallest absolute Gasteiger partial charge is 0.253 e. The van der Waals surface area contributed by atoms with Gasteiger partial charge >= 0.3 is 0 Å². The van der Waals surface area contributed by atoms with Crippen molar-refractivity contribution in [2.75, 3.05) is 12.9 Å². The molecule has 0 saturated carbocycles. The molecule has 0 fully saturated rings. The van der Waals surface area contributed by atoms with Crippen molar-refractivity contribution in [1.82, 2.24) is 4.90 Å². The lowest BCUT2D eigenvalue weighted by molar-refractivity contribution is 0.0756. The van der Waals surface area contributed by atoms with Crippen LogP contribution in [0.25, 0.3) is 0 Å². The average molecular weight is 281 g/mol. The SMILES string of the molecule is CC(CCl)N(C)C(=O)c1ccc(Cl)c(Cl)c1. The van der Waals surface area contributed by atoms with E-state index in [4.69, 9.17) is 34.8 Å². The first-order chi connectivity index (χ1) is 7.47. The number of amides is 1. The highest BCUT2D eigenvalue weighted by Gasteiger charge is 2.17. The lowest BCUT2D eigenvalue weighted by atomic mass is 10.2. The molecular weight excluding hydrogens is 268 g/mol. The second-order valence-corrected chi connectivity index (χ2v) is 4.67. The van der Waals surface area contributed by atoms with Crippen LogP contribution in [0.1, 0.15) is 17.3 Å². The predicted molar refractivity (Wildman–Crippen MR) is 68.7 cm³/mol. The summed E-state index contributed by atoms with van der Waals surface area (Å²) in [6.07, 6.45) is 0. The molecule has 0 spiro atoms. The van der Waals surface area contributed by atoms with Gasteiger partial charge in [-0.1, -0.05) is 23.2 Å². The molecule has 0 aliphatic rings. The first-order valence-electron chi connectivity index (χ1n) is 4.75. The van der Waals surface area contributed by atoms with Crippen molar-refractivity contribution in [3.63, 3.8) is 0 Å². The van der Waals surface area contributed by atoms with Gasteiger partial charge in [0, 0.05) is 24.5 Å². The largest absolute Gasteiger partial charge is 0.338 e. The minimum Gasteiger partial charge on any atom is -0.338 e. The summed E-state index contributed by atoms with van der Waals surface area (Å²) in [6.45, 7) is 1.88. The summed E-state index contributed by atoms with van der Waals surface area (Å²) in [7, 11) is 1.71. The quantitative estimate of drug-likeness (QED) is 0.773. The summed E-state index contributed by atoms with van der Waals surface area (Å²) in [5.74, 6) is 0.274. The van der Waals surface area contributed by atoms with Crippen molar-refractivity contribution in [3.05, 3.63) is 33.8 Å². The minimum absolute atomic E-state index is 0.0244. The summed E-state index contributed by atoms with van der Waals surface area (Å²) in [5.41, 5.74) is 0.508. The van der Waals surface area contributed by atoms with Crippen molar-refractivity contribution in [2.24, 2.45) is 0 Å². The highest BCUT2D eigenvalue weighted by Crippen LogP contribution is 2.23. The van der Waals surface area contributed by atoms with Crippen LogP contribution < -0.4 is 0 Å². The summed E-state index contributed by atoms with van der Waals surface area (Å²) in [5, 5.41) is 0.811. The van der Waals surface area contributed by atoms with Gasteiger partial charge in [-0.25, -0.2) is 0 Å². The number of nitrogens with zero attached hydrogens (tertiary/aromatic N) is 1. The van der Waals surface area contributed by atoms with Gasteiger partial charge < -0.3 is 4.90 Å². The Morgan fingerprint density at radius 1 is 1.38 bits per heavy atom. The molecule has 1 unspecified atom stereocenters. The number of rotatable bonds is 3. The molecule has 1 aromatic carbocycles. The molecule has 0 bridgehead atoms. The zero-order valence-corrected chi connectivity index (χ0v) is 11.3. The standard InChI is InChI=1S/C11H12Cl3NO/c1-7(6-12)15(2)11(16)8-3-4-9(13)10(14)5-8/h3-5,7H,6H2,1-2H3. The van der Waals surface area contributed by atoms with Gasteiger partial charge in [0.05, 0.1) is 10.0 Å². The maximum absolute atomic E-state index is 12.0. The molecule has 2 nitrogen and oxygen atoms in total. The number of carbonyl (C=O) groups excluding carboxylic acids is 1. The van der Waals surface area contributed by atoms with E-state index in [1.807, 2.05) is 6.92 Å². The topological polar surface area (TPSA) is 20.3 Å². The van der Waals surface area contributed by atoms with Crippen LogP contribution in [0.2, 0.25) is 10.0 Å². The van der Waals surface area contributed by atoms with Crippen molar-refractivity contribution < 1.29 is 4.79 Å².